The molecule has 0 unspecified atom stereocenters. The number of para-hydroxylation sites is 1. The summed E-state index contributed by atoms with van der Waals surface area (Å²) in [5.41, 5.74) is 3.06. The summed E-state index contributed by atoms with van der Waals surface area (Å²) in [5, 5.41) is 3.33. The number of hydrogen-bond acceptors (Lipinski definition) is 7. The first-order valence-electron chi connectivity index (χ1n) is 11.1. The van der Waals surface area contributed by atoms with E-state index in [4.69, 9.17) is 14.5 Å². The Morgan fingerprint density at radius 2 is 1.77 bits per heavy atom. The number of hydrogen-bond donors (Lipinski definition) is 1. The van der Waals surface area contributed by atoms with Gasteiger partial charge in [0.25, 0.3) is 0 Å². The molecule has 35 heavy (non-hydrogen) atoms. The lowest BCUT2D eigenvalue weighted by Gasteiger charge is -2.12. The van der Waals surface area contributed by atoms with Crippen molar-refractivity contribution in [3.8, 4) is 23.0 Å². The van der Waals surface area contributed by atoms with Crippen LogP contribution >= 0.6 is 0 Å². The van der Waals surface area contributed by atoms with E-state index < -0.39 is 0 Å². The lowest BCUT2D eigenvalue weighted by molar-refractivity contribution is -0.116. The zero-order valence-electron chi connectivity index (χ0n) is 19.3. The molecule has 0 spiro atoms. The van der Waals surface area contributed by atoms with Crippen molar-refractivity contribution in [3.05, 3.63) is 91.0 Å². The van der Waals surface area contributed by atoms with Gasteiger partial charge in [-0.1, -0.05) is 18.2 Å². The fourth-order valence-corrected chi connectivity index (χ4v) is 3.66. The maximum absolute atomic E-state index is 11.4. The number of rotatable bonds is 8. The molecule has 8 heteroatoms. The Hall–Kier alpha value is -4.72. The van der Waals surface area contributed by atoms with Crippen LogP contribution in [0.15, 0.2) is 85.3 Å². The highest BCUT2D eigenvalue weighted by Gasteiger charge is 2.13. The highest BCUT2D eigenvalue weighted by molar-refractivity contribution is 5.81. The van der Waals surface area contributed by atoms with Crippen LogP contribution in [0.5, 0.6) is 23.0 Å². The molecule has 0 radical (unpaired) electrons. The number of aromatic nitrogens is 4. The Balaban J connectivity index is 1.39. The molecule has 0 aliphatic rings. The van der Waals surface area contributed by atoms with Gasteiger partial charge in [0.1, 0.15) is 28.7 Å². The zero-order chi connectivity index (χ0) is 24.2. The smallest absolute Gasteiger partial charge is 0.208 e. The van der Waals surface area contributed by atoms with Gasteiger partial charge < -0.3 is 19.4 Å². The molecular formula is C27H23N5O3. The standard InChI is InChI=1S/C27H23N5O3/c1-18(33)14-19-15-22(10-13-29-19)34-21-8-9-25-23(16-21)30-27(32(25)2)31-24-17-28-12-11-26(24)35-20-6-4-3-5-7-20/h3-13,15-17H,14H2,1-2H3,(H,30,31). The molecule has 0 amide bonds. The van der Waals surface area contributed by atoms with Crippen LogP contribution in [-0.2, 0) is 18.3 Å². The summed E-state index contributed by atoms with van der Waals surface area (Å²) in [4.78, 5) is 24.6. The first-order valence-corrected chi connectivity index (χ1v) is 11.1. The number of nitrogens with one attached hydrogen (secondary N) is 1. The number of pyridine rings is 2. The second-order valence-corrected chi connectivity index (χ2v) is 8.02. The number of ketones is 1. The third-order valence-electron chi connectivity index (χ3n) is 5.30. The van der Waals surface area contributed by atoms with E-state index in [1.54, 1.807) is 36.8 Å². The van der Waals surface area contributed by atoms with Crippen molar-refractivity contribution in [1.82, 2.24) is 19.5 Å². The number of ether oxygens (including phenoxy) is 2. The summed E-state index contributed by atoms with van der Waals surface area (Å²) in [7, 11) is 1.93. The number of anilines is 2. The van der Waals surface area contributed by atoms with E-state index in [1.807, 2.05) is 60.1 Å². The van der Waals surface area contributed by atoms with Crippen molar-refractivity contribution in [1.29, 1.82) is 0 Å². The molecule has 0 bridgehead atoms. The molecule has 1 N–H and O–H groups in total. The second kappa shape index (κ2) is 9.64. The average molecular weight is 466 g/mol. The van der Waals surface area contributed by atoms with E-state index in [9.17, 15) is 4.79 Å². The van der Waals surface area contributed by atoms with Crippen molar-refractivity contribution in [2.75, 3.05) is 5.32 Å². The Morgan fingerprint density at radius 3 is 2.60 bits per heavy atom. The minimum Gasteiger partial charge on any atom is -0.457 e. The Kier molecular flexibility index (Phi) is 6.09. The number of aryl methyl sites for hydroxylation is 1. The fraction of sp³-hybridized carbons (Fsp3) is 0.111. The summed E-state index contributed by atoms with van der Waals surface area (Å²) < 4.78 is 14.0. The van der Waals surface area contributed by atoms with Crippen LogP contribution in [0.3, 0.4) is 0 Å². The van der Waals surface area contributed by atoms with E-state index in [1.165, 1.54) is 6.92 Å². The Morgan fingerprint density at radius 1 is 0.943 bits per heavy atom. The molecule has 0 saturated carbocycles. The number of imidazole rings is 1. The normalized spacial score (nSPS) is 10.8. The van der Waals surface area contributed by atoms with E-state index in [-0.39, 0.29) is 12.2 Å². The molecule has 0 aliphatic carbocycles. The summed E-state index contributed by atoms with van der Waals surface area (Å²) in [6.07, 6.45) is 5.30. The zero-order valence-corrected chi connectivity index (χ0v) is 19.3. The maximum atomic E-state index is 11.4. The van der Waals surface area contributed by atoms with Gasteiger partial charge in [0.2, 0.25) is 5.95 Å². The molecular weight excluding hydrogens is 442 g/mol. The molecule has 8 nitrogen and oxygen atoms in total. The van der Waals surface area contributed by atoms with Gasteiger partial charge in [0.05, 0.1) is 22.9 Å². The quantitative estimate of drug-likeness (QED) is 0.309. The summed E-state index contributed by atoms with van der Waals surface area (Å²) in [6.45, 7) is 1.54. The van der Waals surface area contributed by atoms with E-state index in [0.717, 1.165) is 16.8 Å². The van der Waals surface area contributed by atoms with Crippen LogP contribution in [0.25, 0.3) is 11.0 Å². The number of benzene rings is 2. The number of carbonyl (C=O) groups is 1. The molecule has 0 aliphatic heterocycles. The average Bonchev–Trinajstić information content (AvgIpc) is 3.15. The van der Waals surface area contributed by atoms with E-state index in [2.05, 4.69) is 15.3 Å². The van der Waals surface area contributed by atoms with Crippen LogP contribution in [-0.4, -0.2) is 25.3 Å². The minimum absolute atomic E-state index is 0.0514. The van der Waals surface area contributed by atoms with Crippen LogP contribution in [0.1, 0.15) is 12.6 Å². The monoisotopic (exact) mass is 465 g/mol. The number of Topliss-reactive ketones (excluding diaryl/α,β-unsaturated/α-hetero) is 1. The van der Waals surface area contributed by atoms with Crippen LogP contribution < -0.4 is 14.8 Å². The van der Waals surface area contributed by atoms with Gasteiger partial charge in [0, 0.05) is 44.1 Å². The van der Waals surface area contributed by atoms with Crippen molar-refractivity contribution in [3.63, 3.8) is 0 Å². The third-order valence-corrected chi connectivity index (χ3v) is 5.30. The van der Waals surface area contributed by atoms with Gasteiger partial charge in [-0.3, -0.25) is 14.8 Å². The molecule has 0 saturated heterocycles. The maximum Gasteiger partial charge on any atom is 0.208 e. The number of carbonyl (C=O) groups excluding carboxylic acids is 1. The summed E-state index contributed by atoms with van der Waals surface area (Å²) in [6, 6.07) is 20.6. The van der Waals surface area contributed by atoms with Gasteiger partial charge in [-0.05, 0) is 37.3 Å². The minimum atomic E-state index is 0.0514. The molecule has 2 aromatic carbocycles. The Bertz CT molecular complexity index is 1500. The Labute approximate surface area is 202 Å². The third kappa shape index (κ3) is 5.11. The van der Waals surface area contributed by atoms with Crippen molar-refractivity contribution in [2.45, 2.75) is 13.3 Å². The second-order valence-electron chi connectivity index (χ2n) is 8.02. The molecule has 0 atom stereocenters. The number of nitrogens with zero attached hydrogens (tertiary/aromatic N) is 4. The predicted octanol–water partition coefficient (Wildman–Crippen LogP) is 5.82. The van der Waals surface area contributed by atoms with Gasteiger partial charge in [-0.15, -0.1) is 0 Å². The molecule has 174 valence electrons. The molecule has 0 fully saturated rings. The van der Waals surface area contributed by atoms with Crippen LogP contribution in [0.2, 0.25) is 0 Å². The van der Waals surface area contributed by atoms with Gasteiger partial charge in [0.15, 0.2) is 5.75 Å². The first-order chi connectivity index (χ1) is 17.0. The highest BCUT2D eigenvalue weighted by atomic mass is 16.5. The van der Waals surface area contributed by atoms with Crippen LogP contribution in [0.4, 0.5) is 11.6 Å². The lowest BCUT2D eigenvalue weighted by atomic mass is 10.2. The largest absolute Gasteiger partial charge is 0.457 e. The first kappa shape index (κ1) is 22.1. The SMILES string of the molecule is CC(=O)Cc1cc(Oc2ccc3c(c2)nc(Nc2cnccc2Oc2ccccc2)n3C)ccn1. The molecule has 3 aromatic heterocycles. The van der Waals surface area contributed by atoms with E-state index in [0.29, 0.717) is 34.6 Å². The van der Waals surface area contributed by atoms with Crippen molar-refractivity contribution >= 4 is 28.5 Å². The lowest BCUT2D eigenvalue weighted by Crippen LogP contribution is -2.01. The van der Waals surface area contributed by atoms with Crippen LogP contribution in [0, 0.1) is 0 Å². The highest BCUT2D eigenvalue weighted by Crippen LogP contribution is 2.32. The van der Waals surface area contributed by atoms with Crippen molar-refractivity contribution < 1.29 is 14.3 Å². The summed E-state index contributed by atoms with van der Waals surface area (Å²) in [5.74, 6) is 3.31. The molecule has 3 heterocycles. The summed E-state index contributed by atoms with van der Waals surface area (Å²) >= 11 is 0. The number of fused-ring (bicyclic) bond motifs is 1. The molecule has 5 aromatic rings. The molecule has 5 rings (SSSR count). The van der Waals surface area contributed by atoms with Gasteiger partial charge in [-0.2, -0.15) is 0 Å². The topological polar surface area (TPSA) is 91.2 Å². The van der Waals surface area contributed by atoms with Gasteiger partial charge >= 0.3 is 0 Å². The van der Waals surface area contributed by atoms with Crippen molar-refractivity contribution in [2.24, 2.45) is 7.05 Å². The van der Waals surface area contributed by atoms with E-state index >= 15 is 0 Å². The van der Waals surface area contributed by atoms with Gasteiger partial charge in [-0.25, -0.2) is 4.98 Å². The predicted molar refractivity (Wildman–Crippen MR) is 133 cm³/mol. The fourth-order valence-electron chi connectivity index (χ4n) is 3.66.